The molecule has 0 unspecified atom stereocenters. The molecule has 4 aromatic rings. The van der Waals surface area contributed by atoms with E-state index in [9.17, 15) is 4.79 Å². The Morgan fingerprint density at radius 1 is 1.16 bits per heavy atom. The summed E-state index contributed by atoms with van der Waals surface area (Å²) in [5.41, 5.74) is 7.67. The van der Waals surface area contributed by atoms with E-state index in [1.54, 1.807) is 38.5 Å². The number of aryl methyl sites for hydroxylation is 1. The number of fused-ring (bicyclic) bond motifs is 1. The van der Waals surface area contributed by atoms with Crippen molar-refractivity contribution in [2.75, 3.05) is 38.1 Å². The van der Waals surface area contributed by atoms with Crippen LogP contribution in [0.3, 0.4) is 0 Å². The Hall–Kier alpha value is -4.55. The highest BCUT2D eigenvalue weighted by Gasteiger charge is 2.29. The number of carbonyl (C=O) groups excluding carboxylic acids is 1. The van der Waals surface area contributed by atoms with Crippen molar-refractivity contribution in [3.05, 3.63) is 30.9 Å². The fraction of sp³-hybridized carbons (Fsp3) is 0.375. The zero-order valence-electron chi connectivity index (χ0n) is 21.1. The van der Waals surface area contributed by atoms with Gasteiger partial charge in [0.05, 0.1) is 39.4 Å². The van der Waals surface area contributed by atoms with Crippen LogP contribution in [-0.4, -0.2) is 69.1 Å². The van der Waals surface area contributed by atoms with Crippen LogP contribution < -0.4 is 30.2 Å². The summed E-state index contributed by atoms with van der Waals surface area (Å²) in [7, 11) is 6.54. The highest BCUT2D eigenvalue weighted by Crippen LogP contribution is 2.39. The van der Waals surface area contributed by atoms with E-state index in [0.717, 1.165) is 30.6 Å². The molecular formula is C24H29N9O4. The van der Waals surface area contributed by atoms with E-state index in [-0.39, 0.29) is 18.4 Å². The number of rotatable bonds is 9. The highest BCUT2D eigenvalue weighted by molar-refractivity contribution is 5.88. The predicted molar refractivity (Wildman–Crippen MR) is 137 cm³/mol. The summed E-state index contributed by atoms with van der Waals surface area (Å²) in [4.78, 5) is 27.7. The topological polar surface area (TPSA) is 147 Å². The molecule has 0 radical (unpaired) electrons. The Bertz CT molecular complexity index is 1420. The van der Waals surface area contributed by atoms with E-state index in [0.29, 0.717) is 40.3 Å². The normalized spacial score (nSPS) is 15.2. The first kappa shape index (κ1) is 24.2. The number of nitrogens with zero attached hydrogens (tertiary/aromatic N) is 7. The van der Waals surface area contributed by atoms with Gasteiger partial charge in [-0.1, -0.05) is 0 Å². The molecule has 1 aliphatic heterocycles. The average molecular weight is 508 g/mol. The Balaban J connectivity index is 1.49. The van der Waals surface area contributed by atoms with Gasteiger partial charge >= 0.3 is 0 Å². The minimum absolute atomic E-state index is 0.0290. The first-order chi connectivity index (χ1) is 17.9. The van der Waals surface area contributed by atoms with Gasteiger partial charge in [-0.05, 0) is 12.8 Å². The quantitative estimate of drug-likeness (QED) is 0.345. The van der Waals surface area contributed by atoms with Crippen LogP contribution in [0.4, 0.5) is 17.6 Å². The van der Waals surface area contributed by atoms with E-state index in [2.05, 4.69) is 15.4 Å². The van der Waals surface area contributed by atoms with E-state index >= 15 is 0 Å². The summed E-state index contributed by atoms with van der Waals surface area (Å²) >= 11 is 0. The van der Waals surface area contributed by atoms with Crippen molar-refractivity contribution in [2.24, 2.45) is 12.8 Å². The van der Waals surface area contributed by atoms with Crippen LogP contribution in [0.2, 0.25) is 0 Å². The van der Waals surface area contributed by atoms with Crippen molar-refractivity contribution in [2.45, 2.75) is 25.3 Å². The summed E-state index contributed by atoms with van der Waals surface area (Å²) < 4.78 is 19.9. The molecule has 0 saturated carbocycles. The fourth-order valence-corrected chi connectivity index (χ4v) is 4.69. The number of benzene rings is 1. The maximum absolute atomic E-state index is 11.6. The summed E-state index contributed by atoms with van der Waals surface area (Å²) in [6, 6.07) is 3.64. The second-order valence-corrected chi connectivity index (χ2v) is 8.71. The van der Waals surface area contributed by atoms with E-state index < -0.39 is 0 Å². The zero-order chi connectivity index (χ0) is 26.1. The van der Waals surface area contributed by atoms with Crippen molar-refractivity contribution >= 4 is 34.5 Å². The maximum Gasteiger partial charge on any atom is 0.228 e. The highest BCUT2D eigenvalue weighted by atomic mass is 16.5. The molecule has 3 N–H and O–H groups in total. The van der Waals surface area contributed by atoms with Crippen molar-refractivity contribution in [1.82, 2.24) is 29.3 Å². The third kappa shape index (κ3) is 4.55. The molecule has 1 aliphatic rings. The molecule has 1 amide bonds. The first-order valence-electron chi connectivity index (χ1n) is 11.8. The maximum atomic E-state index is 11.6. The van der Waals surface area contributed by atoms with Crippen LogP contribution in [0, 0.1) is 0 Å². The van der Waals surface area contributed by atoms with Crippen LogP contribution in [0.25, 0.3) is 16.7 Å². The molecule has 13 nitrogen and oxygen atoms in total. The molecule has 37 heavy (non-hydrogen) atoms. The molecule has 5 rings (SSSR count). The number of ether oxygens (including phenoxy) is 3. The lowest BCUT2D eigenvalue weighted by atomic mass is 10.1. The van der Waals surface area contributed by atoms with Crippen LogP contribution in [0.1, 0.15) is 19.3 Å². The number of aromatic nitrogens is 6. The van der Waals surface area contributed by atoms with E-state index in [1.165, 1.54) is 0 Å². The average Bonchev–Trinajstić information content (AvgIpc) is 3.63. The van der Waals surface area contributed by atoms with Gasteiger partial charge in [-0.25, -0.2) is 9.97 Å². The molecule has 1 atom stereocenters. The monoisotopic (exact) mass is 507 g/mol. The molecule has 0 bridgehead atoms. The molecule has 1 aromatic carbocycles. The Kier molecular flexibility index (Phi) is 6.42. The van der Waals surface area contributed by atoms with Crippen LogP contribution in [-0.2, 0) is 11.8 Å². The number of amides is 1. The lowest BCUT2D eigenvalue weighted by Crippen LogP contribution is -2.34. The number of nitrogens with two attached hydrogens (primary N) is 1. The second-order valence-electron chi connectivity index (χ2n) is 8.71. The van der Waals surface area contributed by atoms with Gasteiger partial charge in [0, 0.05) is 38.2 Å². The minimum Gasteiger partial charge on any atom is -0.493 e. The van der Waals surface area contributed by atoms with Gasteiger partial charge in [-0.15, -0.1) is 0 Å². The second kappa shape index (κ2) is 9.84. The van der Waals surface area contributed by atoms with Crippen molar-refractivity contribution in [1.29, 1.82) is 0 Å². The van der Waals surface area contributed by atoms with Crippen LogP contribution >= 0.6 is 0 Å². The number of carbonyl (C=O) groups is 1. The number of hydrogen-bond acceptors (Lipinski definition) is 10. The standard InChI is InChI=1S/C24H29N9O4/c1-31-21-16(11-27-31)28-24(33-7-5-6-14(33)10-19(25)34)30-23(21)29-20-12-32(13-26-20)15-8-17(35-2)22(37-4)18(9-15)36-3/h8-9,11-14H,5-7,10H2,1-4H3,(H2,25,34)(H,28,29,30)/t14-/m0/s1. The smallest absolute Gasteiger partial charge is 0.228 e. The van der Waals surface area contributed by atoms with Gasteiger partial charge in [-0.2, -0.15) is 10.1 Å². The third-order valence-corrected chi connectivity index (χ3v) is 6.42. The number of imidazole rings is 1. The Labute approximate surface area is 213 Å². The van der Waals surface area contributed by atoms with Crippen LogP contribution in [0.15, 0.2) is 30.9 Å². The van der Waals surface area contributed by atoms with Gasteiger partial charge in [0.2, 0.25) is 17.6 Å². The SMILES string of the molecule is COc1cc(-n2cnc(Nc3nc(N4CCC[C@H]4CC(N)=O)nc4cnn(C)c34)c2)cc(OC)c1OC. The van der Waals surface area contributed by atoms with Gasteiger partial charge < -0.3 is 34.7 Å². The van der Waals surface area contributed by atoms with Gasteiger partial charge in [0.25, 0.3) is 0 Å². The molecule has 0 aliphatic carbocycles. The fourth-order valence-electron chi connectivity index (χ4n) is 4.69. The van der Waals surface area contributed by atoms with Gasteiger partial charge in [0.15, 0.2) is 17.3 Å². The number of primary amides is 1. The number of hydrogen-bond donors (Lipinski definition) is 2. The van der Waals surface area contributed by atoms with Crippen molar-refractivity contribution < 1.29 is 19.0 Å². The third-order valence-electron chi connectivity index (χ3n) is 6.42. The van der Waals surface area contributed by atoms with Crippen molar-refractivity contribution in [3.63, 3.8) is 0 Å². The summed E-state index contributed by atoms with van der Waals surface area (Å²) in [6.45, 7) is 0.749. The summed E-state index contributed by atoms with van der Waals surface area (Å²) in [5.74, 6) is 2.89. The Morgan fingerprint density at radius 2 is 1.92 bits per heavy atom. The lowest BCUT2D eigenvalue weighted by molar-refractivity contribution is -0.118. The molecular weight excluding hydrogens is 478 g/mol. The molecule has 1 saturated heterocycles. The minimum atomic E-state index is -0.338. The molecule has 1 fully saturated rings. The first-order valence-corrected chi connectivity index (χ1v) is 11.8. The molecule has 0 spiro atoms. The predicted octanol–water partition coefficient (Wildman–Crippen LogP) is 2.16. The lowest BCUT2D eigenvalue weighted by Gasteiger charge is -2.24. The van der Waals surface area contributed by atoms with E-state index in [1.807, 2.05) is 34.8 Å². The van der Waals surface area contributed by atoms with E-state index in [4.69, 9.17) is 29.9 Å². The molecule has 13 heteroatoms. The largest absolute Gasteiger partial charge is 0.493 e. The Morgan fingerprint density at radius 3 is 2.59 bits per heavy atom. The molecule has 3 aromatic heterocycles. The summed E-state index contributed by atoms with van der Waals surface area (Å²) in [5, 5.41) is 7.67. The number of methoxy groups -OCH3 is 3. The zero-order valence-corrected chi connectivity index (χ0v) is 21.1. The van der Waals surface area contributed by atoms with Crippen LogP contribution in [0.5, 0.6) is 17.2 Å². The number of nitrogens with one attached hydrogen (secondary N) is 1. The molecule has 4 heterocycles. The summed E-state index contributed by atoms with van der Waals surface area (Å²) in [6.07, 6.45) is 7.26. The number of anilines is 3. The molecule has 194 valence electrons. The van der Waals surface area contributed by atoms with Crippen molar-refractivity contribution in [3.8, 4) is 22.9 Å². The van der Waals surface area contributed by atoms with Gasteiger partial charge in [0.1, 0.15) is 23.2 Å². The van der Waals surface area contributed by atoms with Gasteiger partial charge in [-0.3, -0.25) is 9.48 Å².